The second-order valence-electron chi connectivity index (χ2n) is 6.06. The summed E-state index contributed by atoms with van der Waals surface area (Å²) in [6.07, 6.45) is 0. The van der Waals surface area contributed by atoms with Crippen molar-refractivity contribution in [2.24, 2.45) is 0 Å². The number of ether oxygens (including phenoxy) is 2. The quantitative estimate of drug-likeness (QED) is 0.567. The molecule has 0 saturated heterocycles. The fourth-order valence-electron chi connectivity index (χ4n) is 2.62. The van der Waals surface area contributed by atoms with Gasteiger partial charge in [-0.05, 0) is 49.1 Å². The van der Waals surface area contributed by atoms with Crippen LogP contribution in [0.5, 0.6) is 11.5 Å². The van der Waals surface area contributed by atoms with Crippen molar-refractivity contribution >= 4 is 12.2 Å². The van der Waals surface area contributed by atoms with Crippen molar-refractivity contribution in [1.29, 1.82) is 0 Å². The molecule has 0 N–H and O–H groups in total. The van der Waals surface area contributed by atoms with Gasteiger partial charge in [0.25, 0.3) is 4.84 Å². The van der Waals surface area contributed by atoms with Crippen LogP contribution in [0.1, 0.15) is 5.56 Å². The number of halogens is 1. The van der Waals surface area contributed by atoms with Gasteiger partial charge in [0.15, 0.2) is 0 Å². The largest absolute Gasteiger partial charge is 0.497 e. The first kappa shape index (κ1) is 19.1. The molecule has 0 aliphatic carbocycles. The molecule has 0 amide bonds. The lowest BCUT2D eigenvalue weighted by Crippen LogP contribution is -2.22. The monoisotopic (exact) mass is 389 g/mol. The minimum Gasteiger partial charge on any atom is -0.497 e. The molecular formula is C19H20FN3O3S. The molecule has 0 aliphatic rings. The van der Waals surface area contributed by atoms with Crippen LogP contribution in [-0.4, -0.2) is 35.9 Å². The number of hydrogen-bond donors (Lipinski definition) is 0. The molecule has 0 radical (unpaired) electrons. The SMILES string of the molecule is COc1cc(OC)cc(-c2nn(CN(C)Cc3ccc(F)cc3)c(=S)o2)c1. The third-order valence-electron chi connectivity index (χ3n) is 3.95. The number of methoxy groups -OCH3 is 2. The number of rotatable bonds is 7. The first-order chi connectivity index (χ1) is 13.0. The second-order valence-corrected chi connectivity index (χ2v) is 6.41. The summed E-state index contributed by atoms with van der Waals surface area (Å²) < 4.78 is 30.8. The maximum atomic E-state index is 13.0. The summed E-state index contributed by atoms with van der Waals surface area (Å²) in [5.74, 6) is 1.40. The lowest BCUT2D eigenvalue weighted by atomic mass is 10.2. The molecule has 0 bridgehead atoms. The van der Waals surface area contributed by atoms with E-state index in [0.717, 1.165) is 5.56 Å². The fourth-order valence-corrected chi connectivity index (χ4v) is 2.80. The van der Waals surface area contributed by atoms with E-state index in [4.69, 9.17) is 26.1 Å². The van der Waals surface area contributed by atoms with Crippen molar-refractivity contribution in [1.82, 2.24) is 14.7 Å². The number of nitrogens with zero attached hydrogens (tertiary/aromatic N) is 3. The average Bonchev–Trinajstić information content (AvgIpc) is 3.03. The highest BCUT2D eigenvalue weighted by Gasteiger charge is 2.13. The Bertz CT molecular complexity index is 947. The van der Waals surface area contributed by atoms with Crippen LogP contribution < -0.4 is 9.47 Å². The predicted octanol–water partition coefficient (Wildman–Crippen LogP) is 4.12. The molecule has 0 fully saturated rings. The van der Waals surface area contributed by atoms with Gasteiger partial charge in [-0.2, -0.15) is 0 Å². The van der Waals surface area contributed by atoms with E-state index in [-0.39, 0.29) is 10.7 Å². The zero-order valence-corrected chi connectivity index (χ0v) is 16.1. The van der Waals surface area contributed by atoms with E-state index < -0.39 is 0 Å². The van der Waals surface area contributed by atoms with E-state index in [0.29, 0.717) is 36.2 Å². The van der Waals surface area contributed by atoms with E-state index in [9.17, 15) is 4.39 Å². The van der Waals surface area contributed by atoms with E-state index in [1.54, 1.807) is 49.2 Å². The van der Waals surface area contributed by atoms with Crippen molar-refractivity contribution in [2.45, 2.75) is 13.2 Å². The lowest BCUT2D eigenvalue weighted by Gasteiger charge is -2.15. The summed E-state index contributed by atoms with van der Waals surface area (Å²) in [5.41, 5.74) is 1.70. The Labute approximate surface area is 161 Å². The molecule has 0 aliphatic heterocycles. The third kappa shape index (κ3) is 4.72. The first-order valence-corrected chi connectivity index (χ1v) is 8.63. The fraction of sp³-hybridized carbons (Fsp3) is 0.263. The number of benzene rings is 2. The Morgan fingerprint density at radius 1 is 1.11 bits per heavy atom. The molecule has 0 unspecified atom stereocenters. The van der Waals surface area contributed by atoms with Crippen LogP contribution in [0.4, 0.5) is 4.39 Å². The predicted molar refractivity (Wildman–Crippen MR) is 102 cm³/mol. The van der Waals surface area contributed by atoms with E-state index >= 15 is 0 Å². The van der Waals surface area contributed by atoms with E-state index in [1.807, 2.05) is 11.9 Å². The van der Waals surface area contributed by atoms with Gasteiger partial charge in [0.05, 0.1) is 20.9 Å². The van der Waals surface area contributed by atoms with Gasteiger partial charge >= 0.3 is 0 Å². The zero-order chi connectivity index (χ0) is 19.4. The molecule has 1 heterocycles. The van der Waals surface area contributed by atoms with Crippen LogP contribution in [0, 0.1) is 10.7 Å². The van der Waals surface area contributed by atoms with Crippen molar-refractivity contribution in [3.63, 3.8) is 0 Å². The van der Waals surface area contributed by atoms with Gasteiger partial charge in [0.1, 0.15) is 17.3 Å². The Morgan fingerprint density at radius 3 is 2.33 bits per heavy atom. The minimum atomic E-state index is -0.251. The highest BCUT2D eigenvalue weighted by atomic mass is 32.1. The standard InChI is InChI=1S/C19H20FN3O3S/c1-22(11-13-4-6-15(20)7-5-13)12-23-19(27)26-18(21-23)14-8-16(24-2)10-17(9-14)25-3/h4-10H,11-12H2,1-3H3. The number of hydrogen-bond acceptors (Lipinski definition) is 6. The number of aromatic nitrogens is 2. The van der Waals surface area contributed by atoms with Crippen molar-refractivity contribution in [2.75, 3.05) is 21.3 Å². The smallest absolute Gasteiger partial charge is 0.288 e. The molecular weight excluding hydrogens is 369 g/mol. The topological polar surface area (TPSA) is 52.7 Å². The van der Waals surface area contributed by atoms with Gasteiger partial charge in [0, 0.05) is 18.2 Å². The van der Waals surface area contributed by atoms with Gasteiger partial charge in [-0.25, -0.2) is 9.07 Å². The van der Waals surface area contributed by atoms with Crippen LogP contribution >= 0.6 is 12.2 Å². The van der Waals surface area contributed by atoms with Crippen molar-refractivity contribution < 1.29 is 18.3 Å². The van der Waals surface area contributed by atoms with Crippen molar-refractivity contribution in [3.05, 3.63) is 58.7 Å². The molecule has 0 spiro atoms. The Balaban J connectivity index is 1.78. The Kier molecular flexibility index (Phi) is 5.88. The van der Waals surface area contributed by atoms with E-state index in [1.165, 1.54) is 12.1 Å². The normalized spacial score (nSPS) is 11.0. The summed E-state index contributed by atoms with van der Waals surface area (Å²) in [6.45, 7) is 1.05. The van der Waals surface area contributed by atoms with Gasteiger partial charge < -0.3 is 13.9 Å². The van der Waals surface area contributed by atoms with Gasteiger partial charge in [-0.3, -0.25) is 4.90 Å². The maximum absolute atomic E-state index is 13.0. The summed E-state index contributed by atoms with van der Waals surface area (Å²) in [7, 11) is 5.09. The molecule has 3 aromatic rings. The van der Waals surface area contributed by atoms with Gasteiger partial charge in [-0.15, -0.1) is 5.10 Å². The van der Waals surface area contributed by atoms with Crippen LogP contribution in [-0.2, 0) is 13.2 Å². The first-order valence-electron chi connectivity index (χ1n) is 8.23. The molecule has 142 valence electrons. The zero-order valence-electron chi connectivity index (χ0n) is 15.3. The van der Waals surface area contributed by atoms with Crippen LogP contribution in [0.3, 0.4) is 0 Å². The Hall–Kier alpha value is -2.71. The molecule has 2 aromatic carbocycles. The molecule has 3 rings (SSSR count). The lowest BCUT2D eigenvalue weighted by molar-refractivity contribution is 0.240. The average molecular weight is 389 g/mol. The molecule has 8 heteroatoms. The molecule has 0 atom stereocenters. The van der Waals surface area contributed by atoms with Gasteiger partial charge in [-0.1, -0.05) is 12.1 Å². The highest BCUT2D eigenvalue weighted by Crippen LogP contribution is 2.29. The molecule has 6 nitrogen and oxygen atoms in total. The molecule has 1 aromatic heterocycles. The summed E-state index contributed by atoms with van der Waals surface area (Å²) in [5, 5.41) is 4.46. The summed E-state index contributed by atoms with van der Waals surface area (Å²) in [4.78, 5) is 2.26. The van der Waals surface area contributed by atoms with Crippen LogP contribution in [0.25, 0.3) is 11.5 Å². The molecule has 0 saturated carbocycles. The van der Waals surface area contributed by atoms with E-state index in [2.05, 4.69) is 5.10 Å². The molecule has 27 heavy (non-hydrogen) atoms. The minimum absolute atomic E-state index is 0.251. The van der Waals surface area contributed by atoms with Crippen molar-refractivity contribution in [3.8, 4) is 23.0 Å². The highest BCUT2D eigenvalue weighted by molar-refractivity contribution is 7.71. The van der Waals surface area contributed by atoms with Crippen LogP contribution in [0.15, 0.2) is 46.9 Å². The maximum Gasteiger partial charge on any atom is 0.288 e. The van der Waals surface area contributed by atoms with Crippen LogP contribution in [0.2, 0.25) is 0 Å². The summed E-state index contributed by atoms with van der Waals surface area (Å²) >= 11 is 5.29. The second kappa shape index (κ2) is 8.32. The third-order valence-corrected chi connectivity index (χ3v) is 4.24. The summed E-state index contributed by atoms with van der Waals surface area (Å²) in [6, 6.07) is 11.8. The van der Waals surface area contributed by atoms with Gasteiger partial charge in [0.2, 0.25) is 5.89 Å². The Morgan fingerprint density at radius 2 is 1.74 bits per heavy atom.